The van der Waals surface area contributed by atoms with E-state index in [1.165, 1.54) is 26.3 Å². The summed E-state index contributed by atoms with van der Waals surface area (Å²) in [5, 5.41) is 26.0. The number of aliphatic hydroxyl groups is 2. The summed E-state index contributed by atoms with van der Waals surface area (Å²) in [6.45, 7) is 2.26. The second-order valence-electron chi connectivity index (χ2n) is 8.89. The first-order valence-corrected chi connectivity index (χ1v) is 14.0. The molecule has 0 saturated carbocycles. The lowest BCUT2D eigenvalue weighted by molar-refractivity contribution is -0.461. The number of rotatable bonds is 12. The first-order valence-electron chi connectivity index (χ1n) is 12.5. The standard InChI is InChI=1S/C25H35N3O9S/c1-4-5-11-27-17-12-15(24(32)28-14-18-20(29)21(30)22(31)25(35-3)37-18)13-19(38(33,34)26-2)23(17)36-16-9-7-6-8-10-16/h7,9-10,12-13,18,20-21,25-27,29-30H,4-6,8,11,14H2,1-3H3,(H,28,32)/p+1. The number of allylic oxidation sites excluding steroid dienone is 3. The molecule has 4 atom stereocenters. The van der Waals surface area contributed by atoms with Gasteiger partial charge in [-0.25, -0.2) is 4.72 Å². The van der Waals surface area contributed by atoms with Crippen molar-refractivity contribution in [1.29, 1.82) is 0 Å². The van der Waals surface area contributed by atoms with Crippen LogP contribution in [0.4, 0.5) is 5.69 Å². The first-order chi connectivity index (χ1) is 18.1. The average molecular weight is 555 g/mol. The lowest BCUT2D eigenvalue weighted by atomic mass is 10.00. The van der Waals surface area contributed by atoms with Gasteiger partial charge < -0.3 is 35.1 Å². The van der Waals surface area contributed by atoms with Crippen LogP contribution in [0, 0.1) is 0 Å². The van der Waals surface area contributed by atoms with Gasteiger partial charge in [-0.05, 0) is 43.5 Å². The van der Waals surface area contributed by atoms with Crippen LogP contribution in [0.1, 0.15) is 43.0 Å². The maximum atomic E-state index is 13.1. The molecule has 0 bridgehead atoms. The number of anilines is 1. The fraction of sp³-hybridized carbons (Fsp3) is 0.520. The van der Waals surface area contributed by atoms with Gasteiger partial charge in [0.05, 0.1) is 12.7 Å². The Balaban J connectivity index is 1.93. The molecule has 1 saturated heterocycles. The van der Waals surface area contributed by atoms with Crippen molar-refractivity contribution in [1.82, 2.24) is 5.32 Å². The van der Waals surface area contributed by atoms with Gasteiger partial charge in [0, 0.05) is 25.8 Å². The third-order valence-electron chi connectivity index (χ3n) is 6.17. The van der Waals surface area contributed by atoms with E-state index in [0.717, 1.165) is 30.4 Å². The van der Waals surface area contributed by atoms with Crippen LogP contribution in [0.2, 0.25) is 0 Å². The molecule has 6 N–H and O–H groups in total. The zero-order chi connectivity index (χ0) is 27.9. The first kappa shape index (κ1) is 29.7. The number of Topliss-reactive ketones (excluding diaryl/α,β-unsaturated/α-hetero) is 1. The Labute approximate surface area is 222 Å². The molecule has 0 aromatic heterocycles. The van der Waals surface area contributed by atoms with E-state index in [0.29, 0.717) is 18.0 Å². The highest BCUT2D eigenvalue weighted by atomic mass is 32.2. The topological polar surface area (TPSA) is 177 Å². The lowest BCUT2D eigenvalue weighted by Gasteiger charge is -2.35. The van der Waals surface area contributed by atoms with Gasteiger partial charge in [-0.3, -0.25) is 9.59 Å². The summed E-state index contributed by atoms with van der Waals surface area (Å²) < 4.78 is 43.4. The molecule has 1 aromatic rings. The van der Waals surface area contributed by atoms with E-state index in [4.69, 9.17) is 14.2 Å². The minimum Gasteiger partial charge on any atom is -0.454 e. The van der Waals surface area contributed by atoms with Gasteiger partial charge in [0.2, 0.25) is 12.1 Å². The van der Waals surface area contributed by atoms with Crippen molar-refractivity contribution in [3.8, 4) is 5.75 Å². The van der Waals surface area contributed by atoms with Crippen molar-refractivity contribution in [3.05, 3.63) is 41.7 Å². The Bertz CT molecular complexity index is 1180. The van der Waals surface area contributed by atoms with Crippen molar-refractivity contribution < 1.29 is 47.2 Å². The average Bonchev–Trinajstić information content (AvgIpc) is 2.92. The van der Waals surface area contributed by atoms with Crippen molar-refractivity contribution >= 4 is 27.4 Å². The predicted octanol–water partition coefficient (Wildman–Crippen LogP) is -0.215. The maximum Gasteiger partial charge on any atom is 0.327 e. The second kappa shape index (κ2) is 13.3. The van der Waals surface area contributed by atoms with E-state index >= 15 is 0 Å². The third kappa shape index (κ3) is 6.98. The van der Waals surface area contributed by atoms with Crippen molar-refractivity contribution in [3.63, 3.8) is 0 Å². The quantitative estimate of drug-likeness (QED) is 0.217. The summed E-state index contributed by atoms with van der Waals surface area (Å²) in [6.07, 6.45) is 3.04. The molecular formula is C25H36N3O9S+. The van der Waals surface area contributed by atoms with Crippen LogP contribution in [0.3, 0.4) is 0 Å². The van der Waals surface area contributed by atoms with E-state index in [1.54, 1.807) is 6.08 Å². The molecule has 3 rings (SSSR count). The molecule has 2 aliphatic rings. The number of methoxy groups -OCH3 is 1. The minimum absolute atomic E-state index is 0.0233. The van der Waals surface area contributed by atoms with Crippen LogP contribution in [0.5, 0.6) is 5.75 Å². The highest BCUT2D eigenvalue weighted by molar-refractivity contribution is 7.84. The number of nitrogens with two attached hydrogens (primary N) is 1. The van der Waals surface area contributed by atoms with Crippen molar-refractivity contribution in [2.75, 3.05) is 32.6 Å². The Kier molecular flexibility index (Phi) is 10.4. The molecule has 1 fully saturated rings. The molecule has 1 amide bonds. The molecule has 1 aromatic carbocycles. The van der Waals surface area contributed by atoms with E-state index in [9.17, 15) is 28.2 Å². The Morgan fingerprint density at radius 3 is 2.66 bits per heavy atom. The number of benzene rings is 1. The largest absolute Gasteiger partial charge is 0.454 e. The van der Waals surface area contributed by atoms with Crippen LogP contribution in [-0.4, -0.2) is 82.2 Å². The number of hydrogen-bond acceptors (Lipinski definition) is 10. The summed E-state index contributed by atoms with van der Waals surface area (Å²) in [5.74, 6) is -0.891. The predicted molar refractivity (Wildman–Crippen MR) is 137 cm³/mol. The molecule has 0 radical (unpaired) electrons. The normalized spacial score (nSPS) is 23.6. The maximum absolute atomic E-state index is 13.1. The molecular weight excluding hydrogens is 518 g/mol. The van der Waals surface area contributed by atoms with Gasteiger partial charge in [-0.2, -0.15) is 8.42 Å². The zero-order valence-electron chi connectivity index (χ0n) is 21.7. The molecule has 12 nitrogen and oxygen atoms in total. The summed E-state index contributed by atoms with van der Waals surface area (Å²) in [7, 11) is -1.33. The Morgan fingerprint density at radius 2 is 2.03 bits per heavy atom. The van der Waals surface area contributed by atoms with Gasteiger partial charge in [-0.15, -0.1) is 0 Å². The van der Waals surface area contributed by atoms with Crippen molar-refractivity contribution in [2.24, 2.45) is 0 Å². The van der Waals surface area contributed by atoms with E-state index in [1.807, 2.05) is 19.1 Å². The monoisotopic (exact) mass is 554 g/mol. The SMILES string of the molecule is CCCCNc1cc(C(=O)NCC2OC(OC)C(=O)C(O)C2O)cc(S(=O)(=O)[NH2+]C)c1OC1=CCCC=C1. The van der Waals surface area contributed by atoms with Gasteiger partial charge >= 0.3 is 10.0 Å². The number of carbonyl (C=O) groups excluding carboxylic acids is 2. The fourth-order valence-electron chi connectivity index (χ4n) is 3.94. The van der Waals surface area contributed by atoms with E-state index in [2.05, 4.69) is 10.6 Å². The van der Waals surface area contributed by atoms with Gasteiger partial charge in [0.25, 0.3) is 5.91 Å². The minimum atomic E-state index is -3.93. The third-order valence-corrected chi connectivity index (χ3v) is 7.70. The number of ketones is 1. The van der Waals surface area contributed by atoms with Crippen LogP contribution < -0.4 is 20.1 Å². The number of hydrogen-bond donors (Lipinski definition) is 5. The second-order valence-corrected chi connectivity index (χ2v) is 10.9. The number of sulfonamides is 1. The van der Waals surface area contributed by atoms with Crippen molar-refractivity contribution in [2.45, 2.75) is 62.1 Å². The summed E-state index contributed by atoms with van der Waals surface area (Å²) in [4.78, 5) is 24.9. The molecule has 38 heavy (non-hydrogen) atoms. The number of primary sulfonamides is 1. The number of aliphatic hydroxyl groups excluding tert-OH is 2. The number of ether oxygens (including phenoxy) is 3. The van der Waals surface area contributed by atoms with E-state index in [-0.39, 0.29) is 22.8 Å². The summed E-state index contributed by atoms with van der Waals surface area (Å²) >= 11 is 0. The Hall–Kier alpha value is -2.81. The molecule has 1 aliphatic carbocycles. The number of nitrogens with one attached hydrogen (secondary N) is 2. The molecule has 0 spiro atoms. The molecule has 4 unspecified atom stereocenters. The highest BCUT2D eigenvalue weighted by Crippen LogP contribution is 2.36. The number of amides is 1. The van der Waals surface area contributed by atoms with Gasteiger partial charge in [0.1, 0.15) is 24.1 Å². The van der Waals surface area contributed by atoms with Crippen LogP contribution >= 0.6 is 0 Å². The molecule has 1 aliphatic heterocycles. The number of carbonyl (C=O) groups is 2. The summed E-state index contributed by atoms with van der Waals surface area (Å²) in [6, 6.07) is 2.73. The van der Waals surface area contributed by atoms with Gasteiger partial charge in [0.15, 0.2) is 10.6 Å². The molecule has 210 valence electrons. The van der Waals surface area contributed by atoms with Crippen LogP contribution in [0.25, 0.3) is 0 Å². The van der Waals surface area contributed by atoms with Crippen LogP contribution in [0.15, 0.2) is 41.0 Å². The van der Waals surface area contributed by atoms with Gasteiger partial charge in [-0.1, -0.05) is 19.4 Å². The molecule has 1 heterocycles. The van der Waals surface area contributed by atoms with Crippen LogP contribution in [-0.2, 0) is 24.3 Å². The number of quaternary nitrogens is 1. The smallest absolute Gasteiger partial charge is 0.327 e. The zero-order valence-corrected chi connectivity index (χ0v) is 22.5. The number of unbranched alkanes of at least 4 members (excludes halogenated alkanes) is 1. The summed E-state index contributed by atoms with van der Waals surface area (Å²) in [5.41, 5.74) is 0.357. The van der Waals surface area contributed by atoms with E-state index < -0.39 is 46.3 Å². The lowest BCUT2D eigenvalue weighted by Crippen LogP contribution is -2.83. The fourth-order valence-corrected chi connectivity index (χ4v) is 4.90. The Morgan fingerprint density at radius 1 is 1.26 bits per heavy atom. The highest BCUT2D eigenvalue weighted by Gasteiger charge is 2.43. The molecule has 13 heteroatoms.